The monoisotopic (exact) mass is 414 g/mol. The summed E-state index contributed by atoms with van der Waals surface area (Å²) in [7, 11) is 1.57. The van der Waals surface area contributed by atoms with Gasteiger partial charge in [-0.05, 0) is 24.3 Å². The maximum Gasteiger partial charge on any atom is 0.260 e. The zero-order chi connectivity index (χ0) is 21.3. The summed E-state index contributed by atoms with van der Waals surface area (Å²) in [6.45, 7) is 2.03. The molecule has 0 saturated carbocycles. The second-order valence-corrected chi connectivity index (χ2v) is 6.80. The van der Waals surface area contributed by atoms with E-state index in [1.165, 1.54) is 12.1 Å². The van der Waals surface area contributed by atoms with E-state index in [9.17, 15) is 14.7 Å². The highest BCUT2D eigenvalue weighted by atomic mass is 16.5. The van der Waals surface area contributed by atoms with Crippen LogP contribution in [0.25, 0.3) is 0 Å². The van der Waals surface area contributed by atoms with Gasteiger partial charge in [-0.25, -0.2) is 0 Å². The summed E-state index contributed by atoms with van der Waals surface area (Å²) >= 11 is 0. The normalized spacial score (nSPS) is 13.6. The molecule has 0 atom stereocenters. The molecule has 0 bridgehead atoms. The summed E-state index contributed by atoms with van der Waals surface area (Å²) in [5.41, 5.74) is 0. The topological polar surface area (TPSA) is 88.5 Å². The number of methoxy groups -OCH3 is 1. The number of phenolic OH excluding ortho intramolecular Hbond substituents is 1. The summed E-state index contributed by atoms with van der Waals surface area (Å²) in [6.07, 6.45) is 0.257. The van der Waals surface area contributed by atoms with Crippen LogP contribution in [-0.2, 0) is 9.59 Å². The first-order valence-corrected chi connectivity index (χ1v) is 9.80. The molecule has 30 heavy (non-hydrogen) atoms. The summed E-state index contributed by atoms with van der Waals surface area (Å²) < 4.78 is 16.3. The van der Waals surface area contributed by atoms with Crippen molar-refractivity contribution < 1.29 is 28.9 Å². The van der Waals surface area contributed by atoms with Crippen LogP contribution >= 0.6 is 0 Å². The lowest BCUT2D eigenvalue weighted by molar-refractivity contribution is -0.141. The number of carbonyl (C=O) groups excluding carboxylic acids is 2. The number of piperazine rings is 1. The Morgan fingerprint density at radius 3 is 2.23 bits per heavy atom. The zero-order valence-electron chi connectivity index (χ0n) is 17.0. The van der Waals surface area contributed by atoms with E-state index in [0.717, 1.165) is 0 Å². The largest absolute Gasteiger partial charge is 0.508 e. The average Bonchev–Trinajstić information content (AvgIpc) is 2.78. The minimum atomic E-state index is -0.148. The lowest BCUT2D eigenvalue weighted by Crippen LogP contribution is -2.51. The molecule has 1 fully saturated rings. The Morgan fingerprint density at radius 1 is 0.900 bits per heavy atom. The summed E-state index contributed by atoms with van der Waals surface area (Å²) in [6, 6.07) is 13.6. The molecule has 2 aromatic carbocycles. The van der Waals surface area contributed by atoms with E-state index >= 15 is 0 Å². The van der Waals surface area contributed by atoms with Crippen LogP contribution in [0.1, 0.15) is 6.42 Å². The number of benzene rings is 2. The van der Waals surface area contributed by atoms with E-state index in [-0.39, 0.29) is 37.2 Å². The fourth-order valence-electron chi connectivity index (χ4n) is 3.16. The van der Waals surface area contributed by atoms with Gasteiger partial charge in [0.1, 0.15) is 11.5 Å². The van der Waals surface area contributed by atoms with Gasteiger partial charge >= 0.3 is 0 Å². The second-order valence-electron chi connectivity index (χ2n) is 6.80. The van der Waals surface area contributed by atoms with Crippen LogP contribution < -0.4 is 14.2 Å². The van der Waals surface area contributed by atoms with Crippen LogP contribution in [0.5, 0.6) is 23.0 Å². The number of ether oxygens (including phenoxy) is 3. The Morgan fingerprint density at radius 2 is 1.57 bits per heavy atom. The molecule has 0 spiro atoms. The van der Waals surface area contributed by atoms with E-state index < -0.39 is 0 Å². The Balaban J connectivity index is 1.38. The first-order valence-electron chi connectivity index (χ1n) is 9.80. The van der Waals surface area contributed by atoms with Crippen LogP contribution in [0, 0.1) is 0 Å². The fourth-order valence-corrected chi connectivity index (χ4v) is 3.16. The second kappa shape index (κ2) is 10.4. The highest BCUT2D eigenvalue weighted by molar-refractivity contribution is 5.79. The van der Waals surface area contributed by atoms with Crippen molar-refractivity contribution in [3.63, 3.8) is 0 Å². The van der Waals surface area contributed by atoms with Gasteiger partial charge in [0.2, 0.25) is 5.91 Å². The molecule has 1 N–H and O–H groups in total. The molecule has 160 valence electrons. The molecular formula is C22H26N2O6. The molecule has 2 aromatic rings. The highest BCUT2D eigenvalue weighted by Gasteiger charge is 2.24. The number of rotatable bonds is 8. The third kappa shape index (κ3) is 5.79. The number of nitrogens with zero attached hydrogens (tertiary/aromatic N) is 2. The summed E-state index contributed by atoms with van der Waals surface area (Å²) in [5.74, 6) is 1.60. The molecule has 1 saturated heterocycles. The van der Waals surface area contributed by atoms with Gasteiger partial charge in [-0.2, -0.15) is 0 Å². The smallest absolute Gasteiger partial charge is 0.260 e. The lowest BCUT2D eigenvalue weighted by Gasteiger charge is -2.34. The molecule has 0 aliphatic carbocycles. The molecule has 8 nitrogen and oxygen atoms in total. The highest BCUT2D eigenvalue weighted by Crippen LogP contribution is 2.25. The molecule has 0 aromatic heterocycles. The van der Waals surface area contributed by atoms with E-state index in [4.69, 9.17) is 14.2 Å². The minimum absolute atomic E-state index is 0.00647. The van der Waals surface area contributed by atoms with Crippen molar-refractivity contribution in [2.45, 2.75) is 6.42 Å². The van der Waals surface area contributed by atoms with Gasteiger partial charge in [-0.15, -0.1) is 0 Å². The van der Waals surface area contributed by atoms with Crippen molar-refractivity contribution in [3.05, 3.63) is 48.5 Å². The standard InChI is InChI=1S/C22H26N2O6/c1-28-19-7-2-3-8-20(19)29-14-9-21(26)23-10-12-24(13-11-23)22(27)16-30-18-6-4-5-17(25)15-18/h2-8,15,25H,9-14,16H2,1H3. The van der Waals surface area contributed by atoms with Gasteiger partial charge in [-0.1, -0.05) is 18.2 Å². The van der Waals surface area contributed by atoms with Gasteiger partial charge in [0.15, 0.2) is 18.1 Å². The van der Waals surface area contributed by atoms with Crippen LogP contribution in [0.4, 0.5) is 0 Å². The minimum Gasteiger partial charge on any atom is -0.508 e. The predicted octanol–water partition coefficient (Wildman–Crippen LogP) is 1.92. The van der Waals surface area contributed by atoms with Crippen molar-refractivity contribution in [1.29, 1.82) is 0 Å². The Hall–Kier alpha value is -3.42. The van der Waals surface area contributed by atoms with Crippen LogP contribution in [0.2, 0.25) is 0 Å². The number of para-hydroxylation sites is 2. The predicted molar refractivity (Wildman–Crippen MR) is 110 cm³/mol. The maximum atomic E-state index is 12.4. The summed E-state index contributed by atoms with van der Waals surface area (Å²) in [4.78, 5) is 28.2. The first kappa shape index (κ1) is 21.3. The molecule has 1 aliphatic heterocycles. The van der Waals surface area contributed by atoms with Gasteiger partial charge in [0.25, 0.3) is 5.91 Å². The zero-order valence-corrected chi connectivity index (χ0v) is 17.0. The van der Waals surface area contributed by atoms with Gasteiger partial charge < -0.3 is 29.1 Å². The lowest BCUT2D eigenvalue weighted by atomic mass is 10.2. The van der Waals surface area contributed by atoms with Crippen LogP contribution in [-0.4, -0.2) is 73.2 Å². The molecule has 1 heterocycles. The van der Waals surface area contributed by atoms with Gasteiger partial charge in [0.05, 0.1) is 20.1 Å². The molecular weight excluding hydrogens is 388 g/mol. The van der Waals surface area contributed by atoms with Crippen molar-refractivity contribution >= 4 is 11.8 Å². The maximum absolute atomic E-state index is 12.4. The Kier molecular flexibility index (Phi) is 7.37. The third-order valence-corrected chi connectivity index (χ3v) is 4.81. The fraction of sp³-hybridized carbons (Fsp3) is 0.364. The molecule has 1 aliphatic rings. The number of carbonyl (C=O) groups is 2. The number of phenols is 1. The van der Waals surface area contributed by atoms with E-state index in [1.807, 2.05) is 12.1 Å². The molecule has 3 rings (SSSR count). The molecule has 2 amide bonds. The number of hydrogen-bond acceptors (Lipinski definition) is 6. The van der Waals surface area contributed by atoms with Gasteiger partial charge in [0, 0.05) is 32.2 Å². The van der Waals surface area contributed by atoms with Gasteiger partial charge in [-0.3, -0.25) is 9.59 Å². The Bertz CT molecular complexity index is 864. The van der Waals surface area contributed by atoms with E-state index in [2.05, 4.69) is 0 Å². The Labute approximate surface area is 175 Å². The number of aromatic hydroxyl groups is 1. The molecule has 0 unspecified atom stereocenters. The SMILES string of the molecule is COc1ccccc1OCCC(=O)N1CCN(C(=O)COc2cccc(O)c2)CC1. The quantitative estimate of drug-likeness (QED) is 0.710. The number of amides is 2. The number of hydrogen-bond donors (Lipinski definition) is 1. The third-order valence-electron chi connectivity index (χ3n) is 4.81. The van der Waals surface area contributed by atoms with Crippen LogP contribution in [0.3, 0.4) is 0 Å². The molecule has 8 heteroatoms. The first-order chi connectivity index (χ1) is 14.6. The summed E-state index contributed by atoms with van der Waals surface area (Å²) in [5, 5.41) is 9.43. The van der Waals surface area contributed by atoms with Crippen molar-refractivity contribution in [2.75, 3.05) is 46.5 Å². The average molecular weight is 414 g/mol. The van der Waals surface area contributed by atoms with E-state index in [0.29, 0.717) is 43.4 Å². The van der Waals surface area contributed by atoms with Crippen molar-refractivity contribution in [3.8, 4) is 23.0 Å². The van der Waals surface area contributed by atoms with Crippen LogP contribution in [0.15, 0.2) is 48.5 Å². The molecule has 0 radical (unpaired) electrons. The van der Waals surface area contributed by atoms with E-state index in [1.54, 1.807) is 41.2 Å². The van der Waals surface area contributed by atoms with Crippen molar-refractivity contribution in [1.82, 2.24) is 9.80 Å². The van der Waals surface area contributed by atoms with Crippen molar-refractivity contribution in [2.24, 2.45) is 0 Å².